The first-order chi connectivity index (χ1) is 36.2. The van der Waals surface area contributed by atoms with E-state index >= 15 is 0 Å². The molecule has 4 aromatic carbocycles. The molecular formula is C61H80O14. The molecule has 0 aromatic heterocycles. The smallest absolute Gasteiger partial charge is 0.343 e. The predicted octanol–water partition coefficient (Wildman–Crippen LogP) is 13.5. The Kier molecular flexibility index (Phi) is 31.4. The average molecular weight is 1040 g/mol. The van der Waals surface area contributed by atoms with Crippen LogP contribution in [0.1, 0.15) is 159 Å². The molecule has 75 heavy (non-hydrogen) atoms. The second kappa shape index (κ2) is 37.7. The summed E-state index contributed by atoms with van der Waals surface area (Å²) < 4.78 is 42.8. The number of aryl methyl sites for hydroxylation is 1. The molecule has 0 atom stereocenters. The Bertz CT molecular complexity index is 2370. The molecule has 14 heteroatoms. The third kappa shape index (κ3) is 29.5. The van der Waals surface area contributed by atoms with Gasteiger partial charge in [0.2, 0.25) is 0 Å². The Morgan fingerprint density at radius 1 is 0.387 bits per heavy atom. The summed E-state index contributed by atoms with van der Waals surface area (Å²) in [7, 11) is 0. The largest absolute Gasteiger partial charge is 0.494 e. The molecule has 0 bridgehead atoms. The van der Waals surface area contributed by atoms with Crippen LogP contribution in [-0.4, -0.2) is 75.5 Å². The quantitative estimate of drug-likeness (QED) is 0.0138. The van der Waals surface area contributed by atoms with E-state index in [1.807, 2.05) is 12.1 Å². The number of esters is 6. The van der Waals surface area contributed by atoms with Gasteiger partial charge < -0.3 is 37.9 Å². The molecule has 0 radical (unpaired) electrons. The van der Waals surface area contributed by atoms with E-state index in [2.05, 4.69) is 32.2 Å². The summed E-state index contributed by atoms with van der Waals surface area (Å²) in [6.07, 6.45) is 16.7. The molecule has 14 nitrogen and oxygen atoms in total. The lowest BCUT2D eigenvalue weighted by atomic mass is 10.1. The van der Waals surface area contributed by atoms with Gasteiger partial charge in [-0.3, -0.25) is 14.4 Å². The zero-order valence-electron chi connectivity index (χ0n) is 44.9. The molecule has 0 amide bonds. The van der Waals surface area contributed by atoms with E-state index in [4.69, 9.17) is 37.9 Å². The van der Waals surface area contributed by atoms with E-state index in [9.17, 15) is 28.8 Å². The van der Waals surface area contributed by atoms with Gasteiger partial charge in [-0.05, 0) is 156 Å². The summed E-state index contributed by atoms with van der Waals surface area (Å²) in [5.41, 5.74) is 2.45. The first-order valence-corrected chi connectivity index (χ1v) is 26.5. The number of hydrogen-bond acceptors (Lipinski definition) is 14. The molecule has 0 fully saturated rings. The number of carbonyl (C=O) groups excluding carboxylic acids is 6. The maximum absolute atomic E-state index is 12.6. The van der Waals surface area contributed by atoms with Gasteiger partial charge in [-0.2, -0.15) is 0 Å². The molecule has 4 aromatic rings. The highest BCUT2D eigenvalue weighted by molar-refractivity contribution is 5.92. The standard InChI is InChI=1S/C36H42O9.C25H38O5/c1-26(2)35(39)43-23-11-7-8-12-34(38)42-22-10-6-4-5-9-21-41-31-17-13-28(14-18-31)36(40)45-33-20-16-29-24-32(44-27(3)37)19-15-30(29)25-33;1-21(2)25(27)30-20-12-8-9-13-24(26)29-19-11-7-5-4-6-10-18-28-23-16-14-22(3)15-17-23/h13-20,24-25H,1,4-12,21-23H2,2-3H3;14-17H,1,4-13,18-20H2,2-3H3. The van der Waals surface area contributed by atoms with Gasteiger partial charge in [0.15, 0.2) is 0 Å². The van der Waals surface area contributed by atoms with Gasteiger partial charge in [0.25, 0.3) is 0 Å². The molecule has 408 valence electrons. The Morgan fingerprint density at radius 3 is 1.15 bits per heavy atom. The number of unbranched alkanes of at least 4 members (excludes halogenated alkanes) is 13. The minimum atomic E-state index is -0.470. The SMILES string of the molecule is C=C(C)C(=O)OCCCCCC(=O)OCCCCCCCCOc1ccc(C)cc1.C=C(C)C(=O)OCCCCCC(=O)OCCCCCCCOc1ccc(C(=O)Oc2ccc3cc(OC(C)=O)ccc3c2)cc1. The number of fused-ring (bicyclic) bond motifs is 1. The molecular weight excluding hydrogens is 957 g/mol. The Morgan fingerprint density at radius 2 is 0.733 bits per heavy atom. The van der Waals surface area contributed by atoms with Crippen molar-refractivity contribution in [2.24, 2.45) is 0 Å². The summed E-state index contributed by atoms with van der Waals surface area (Å²) >= 11 is 0. The van der Waals surface area contributed by atoms with Crippen molar-refractivity contribution in [3.63, 3.8) is 0 Å². The van der Waals surface area contributed by atoms with Gasteiger partial charge >= 0.3 is 35.8 Å². The van der Waals surface area contributed by atoms with Crippen LogP contribution in [0.2, 0.25) is 0 Å². The monoisotopic (exact) mass is 1040 g/mol. The zero-order valence-corrected chi connectivity index (χ0v) is 44.9. The second-order valence-electron chi connectivity index (χ2n) is 18.5. The van der Waals surface area contributed by atoms with E-state index in [1.54, 1.807) is 74.5 Å². The first kappa shape index (κ1) is 62.3. The summed E-state index contributed by atoms with van der Waals surface area (Å²) in [6.45, 7) is 16.7. The van der Waals surface area contributed by atoms with Gasteiger partial charge in [0.05, 0.1) is 45.2 Å². The van der Waals surface area contributed by atoms with Crippen molar-refractivity contribution >= 4 is 46.6 Å². The van der Waals surface area contributed by atoms with E-state index in [0.717, 1.165) is 113 Å². The summed E-state index contributed by atoms with van der Waals surface area (Å²) in [6, 6.07) is 25.5. The van der Waals surface area contributed by atoms with Crippen LogP contribution < -0.4 is 18.9 Å². The van der Waals surface area contributed by atoms with Crippen LogP contribution in [0.4, 0.5) is 0 Å². The highest BCUT2D eigenvalue weighted by Crippen LogP contribution is 2.26. The van der Waals surface area contributed by atoms with Gasteiger partial charge in [-0.1, -0.05) is 87.9 Å². The normalized spacial score (nSPS) is 10.6. The molecule has 4 rings (SSSR count). The molecule has 0 heterocycles. The minimum Gasteiger partial charge on any atom is -0.494 e. The highest BCUT2D eigenvalue weighted by Gasteiger charge is 2.11. The van der Waals surface area contributed by atoms with E-state index in [-0.39, 0.29) is 29.8 Å². The fourth-order valence-corrected chi connectivity index (χ4v) is 7.20. The molecule has 0 aliphatic rings. The summed E-state index contributed by atoms with van der Waals surface area (Å²) in [5, 5.41) is 1.71. The van der Waals surface area contributed by atoms with Crippen LogP contribution in [-0.2, 0) is 42.9 Å². The van der Waals surface area contributed by atoms with E-state index in [1.165, 1.54) is 18.9 Å². The Hall–Kier alpha value is -6.96. The zero-order chi connectivity index (χ0) is 54.5. The lowest BCUT2D eigenvalue weighted by Gasteiger charge is -2.09. The highest BCUT2D eigenvalue weighted by atomic mass is 16.6. The number of hydrogen-bond donors (Lipinski definition) is 0. The van der Waals surface area contributed by atoms with Crippen LogP contribution in [0.25, 0.3) is 10.8 Å². The van der Waals surface area contributed by atoms with E-state index in [0.29, 0.717) is 92.7 Å². The summed E-state index contributed by atoms with van der Waals surface area (Å²) in [4.78, 5) is 69.8. The molecule has 0 aliphatic carbocycles. The van der Waals surface area contributed by atoms with Crippen molar-refractivity contribution in [1.82, 2.24) is 0 Å². The molecule has 0 spiro atoms. The van der Waals surface area contributed by atoms with Crippen molar-refractivity contribution in [3.05, 3.63) is 120 Å². The number of ether oxygens (including phenoxy) is 8. The van der Waals surface area contributed by atoms with Gasteiger partial charge in [0.1, 0.15) is 23.0 Å². The number of carbonyl (C=O) groups is 6. The van der Waals surface area contributed by atoms with Crippen molar-refractivity contribution in [3.8, 4) is 23.0 Å². The lowest BCUT2D eigenvalue weighted by molar-refractivity contribution is -0.144. The van der Waals surface area contributed by atoms with E-state index < -0.39 is 5.97 Å². The average Bonchev–Trinajstić information content (AvgIpc) is 3.38. The fourth-order valence-electron chi connectivity index (χ4n) is 7.20. The first-order valence-electron chi connectivity index (χ1n) is 26.5. The van der Waals surface area contributed by atoms with Crippen LogP contribution in [0.5, 0.6) is 23.0 Å². The van der Waals surface area contributed by atoms with Crippen molar-refractivity contribution in [2.45, 2.75) is 150 Å². The molecule has 0 unspecified atom stereocenters. The van der Waals surface area contributed by atoms with Crippen LogP contribution in [0, 0.1) is 6.92 Å². The third-order valence-corrected chi connectivity index (χ3v) is 11.5. The Labute approximate surface area is 444 Å². The van der Waals surface area contributed by atoms with Gasteiger partial charge in [-0.25, -0.2) is 14.4 Å². The van der Waals surface area contributed by atoms with Crippen molar-refractivity contribution < 1.29 is 66.7 Å². The van der Waals surface area contributed by atoms with Crippen molar-refractivity contribution in [2.75, 3.05) is 39.6 Å². The number of rotatable bonds is 36. The minimum absolute atomic E-state index is 0.137. The number of benzene rings is 4. The van der Waals surface area contributed by atoms with Crippen molar-refractivity contribution in [1.29, 1.82) is 0 Å². The molecule has 0 aliphatic heterocycles. The molecule has 0 N–H and O–H groups in total. The topological polar surface area (TPSA) is 176 Å². The van der Waals surface area contributed by atoms with Gasteiger partial charge in [-0.15, -0.1) is 0 Å². The molecule has 0 saturated carbocycles. The third-order valence-electron chi connectivity index (χ3n) is 11.5. The maximum Gasteiger partial charge on any atom is 0.343 e. The second-order valence-corrected chi connectivity index (χ2v) is 18.5. The molecule has 0 saturated heterocycles. The maximum atomic E-state index is 12.6. The Balaban J connectivity index is 0.000000430. The van der Waals surface area contributed by atoms with Crippen LogP contribution in [0.15, 0.2) is 109 Å². The lowest BCUT2D eigenvalue weighted by Crippen LogP contribution is -2.08. The van der Waals surface area contributed by atoms with Crippen LogP contribution >= 0.6 is 0 Å². The van der Waals surface area contributed by atoms with Gasteiger partial charge in [0, 0.05) is 30.9 Å². The van der Waals surface area contributed by atoms with Crippen LogP contribution in [0.3, 0.4) is 0 Å². The summed E-state index contributed by atoms with van der Waals surface area (Å²) in [5.74, 6) is 0.574. The fraction of sp³-hybridized carbons (Fsp3) is 0.475. The predicted molar refractivity (Wildman–Crippen MR) is 290 cm³/mol.